The Hall–Kier alpha value is -5.18. The van der Waals surface area contributed by atoms with E-state index in [1.165, 1.54) is 24.3 Å². The molecule has 3 rings (SSSR count). The van der Waals surface area contributed by atoms with E-state index >= 15 is 8.78 Å². The van der Waals surface area contributed by atoms with Gasteiger partial charge in [0.25, 0.3) is 11.8 Å². The first-order chi connectivity index (χ1) is 18.8. The van der Waals surface area contributed by atoms with Crippen LogP contribution in [0.25, 0.3) is 0 Å². The average molecular weight is 559 g/mol. The number of nitrogens with zero attached hydrogens (tertiary/aromatic N) is 3. The molecule has 0 amide bonds. The van der Waals surface area contributed by atoms with Crippen LogP contribution in [0.2, 0.25) is 0 Å². The number of aromatic hydroxyl groups is 1. The Labute approximate surface area is 227 Å². The van der Waals surface area contributed by atoms with Crippen molar-refractivity contribution in [2.75, 3.05) is 43.9 Å². The summed E-state index contributed by atoms with van der Waals surface area (Å²) < 4.78 is 42.7. The Kier molecular flexibility index (Phi) is 9.24. The molecule has 0 saturated carbocycles. The fourth-order valence-electron chi connectivity index (χ4n) is 3.43. The number of nitrogens with two attached hydrogens (primary N) is 2. The van der Waals surface area contributed by atoms with Gasteiger partial charge >= 0.3 is 5.97 Å². The van der Waals surface area contributed by atoms with Crippen molar-refractivity contribution < 1.29 is 33.3 Å². The predicted molar refractivity (Wildman–Crippen MR) is 144 cm³/mol. The number of likely N-dealkylation sites (N-methyl/N-ethyl adjacent to an activating group) is 1. The van der Waals surface area contributed by atoms with Gasteiger partial charge in [-0.15, -0.1) is 0 Å². The van der Waals surface area contributed by atoms with E-state index in [-0.39, 0.29) is 41.9 Å². The van der Waals surface area contributed by atoms with Gasteiger partial charge in [0.15, 0.2) is 17.5 Å². The molecule has 3 aromatic rings. The zero-order valence-electron chi connectivity index (χ0n) is 21.5. The van der Waals surface area contributed by atoms with Crippen LogP contribution in [0.5, 0.6) is 29.0 Å². The van der Waals surface area contributed by atoms with Crippen LogP contribution in [0.15, 0.2) is 42.5 Å². The molecule has 0 aliphatic heterocycles. The number of rotatable bonds is 12. The molecule has 0 spiro atoms. The van der Waals surface area contributed by atoms with Gasteiger partial charge in [0.1, 0.15) is 23.8 Å². The molecule has 1 heterocycles. The molecule has 0 fully saturated rings. The van der Waals surface area contributed by atoms with Crippen LogP contribution in [-0.4, -0.2) is 71.6 Å². The van der Waals surface area contributed by atoms with E-state index in [9.17, 15) is 15.0 Å². The van der Waals surface area contributed by atoms with Crippen LogP contribution in [-0.2, 0) is 4.79 Å². The minimum absolute atomic E-state index is 0.0145. The SMILES string of the molecule is CN(C)CCN(CC(=O)O)c1c(F)c(Oc2cccc(NC(=N)N)c2)nc(Oc2cc(C(=N)N)ccc2O)c1F. The number of nitrogen functional groups attached to an aromatic ring is 1. The number of aliphatic carboxylic acids is 1. The van der Waals surface area contributed by atoms with E-state index in [4.69, 9.17) is 31.8 Å². The number of carbonyl (C=O) groups is 1. The number of benzene rings is 2. The second-order valence-electron chi connectivity index (χ2n) is 8.68. The van der Waals surface area contributed by atoms with Gasteiger partial charge in [-0.1, -0.05) is 6.07 Å². The zero-order valence-corrected chi connectivity index (χ0v) is 21.5. The lowest BCUT2D eigenvalue weighted by Crippen LogP contribution is -2.37. The molecule has 0 saturated heterocycles. The van der Waals surface area contributed by atoms with Crippen molar-refractivity contribution in [3.8, 4) is 29.0 Å². The summed E-state index contributed by atoms with van der Waals surface area (Å²) >= 11 is 0. The number of phenolic OH excluding ortho intramolecular Hbond substituents is 1. The van der Waals surface area contributed by atoms with E-state index in [1.807, 2.05) is 0 Å². The molecule has 13 nitrogen and oxygen atoms in total. The van der Waals surface area contributed by atoms with E-state index in [0.29, 0.717) is 5.69 Å². The molecule has 2 aromatic carbocycles. The van der Waals surface area contributed by atoms with Crippen molar-refractivity contribution >= 4 is 29.1 Å². The van der Waals surface area contributed by atoms with Gasteiger partial charge in [0, 0.05) is 30.4 Å². The molecular formula is C25H28F2N8O5. The smallest absolute Gasteiger partial charge is 0.323 e. The van der Waals surface area contributed by atoms with E-state index in [2.05, 4.69) is 10.3 Å². The van der Waals surface area contributed by atoms with Gasteiger partial charge in [-0.3, -0.25) is 15.6 Å². The summed E-state index contributed by atoms with van der Waals surface area (Å²) in [6, 6.07) is 9.52. The minimum atomic E-state index is -1.36. The molecule has 0 radical (unpaired) electrons. The van der Waals surface area contributed by atoms with Crippen LogP contribution in [0, 0.1) is 22.5 Å². The number of pyridine rings is 1. The van der Waals surface area contributed by atoms with Crippen LogP contribution in [0.3, 0.4) is 0 Å². The number of hydrogen-bond acceptors (Lipinski definition) is 9. The van der Waals surface area contributed by atoms with E-state index < -0.39 is 47.3 Å². The summed E-state index contributed by atoms with van der Waals surface area (Å²) in [6.45, 7) is -0.631. The van der Waals surface area contributed by atoms with Crippen molar-refractivity contribution in [2.45, 2.75) is 0 Å². The van der Waals surface area contributed by atoms with E-state index in [1.54, 1.807) is 25.1 Å². The Balaban J connectivity index is 2.17. The van der Waals surface area contributed by atoms with Gasteiger partial charge in [-0.05, 0) is 44.4 Å². The predicted octanol–water partition coefficient (Wildman–Crippen LogP) is 2.69. The lowest BCUT2D eigenvalue weighted by molar-refractivity contribution is -0.135. The Morgan fingerprint density at radius 1 is 1.05 bits per heavy atom. The first-order valence-corrected chi connectivity index (χ1v) is 11.6. The van der Waals surface area contributed by atoms with E-state index in [0.717, 1.165) is 17.0 Å². The maximum atomic E-state index is 15.8. The molecule has 15 heteroatoms. The standard InChI is InChI=1S/C25H28F2N8O5/c1-34(2)8-9-35(12-18(37)38)21-19(26)23(39-15-5-3-4-14(11-15)32-25(30)31)33-24(20(21)27)40-17-10-13(22(28)29)6-7-16(17)36/h3-7,10-11,36H,8-9,12H2,1-2H3,(H3,28,29)(H,37,38)(H4,30,31,32). The van der Waals surface area contributed by atoms with Crippen LogP contribution < -0.4 is 31.2 Å². The normalized spacial score (nSPS) is 10.7. The number of hydrogen-bond donors (Lipinski definition) is 7. The average Bonchev–Trinajstić information content (AvgIpc) is 2.86. The molecule has 0 aliphatic rings. The summed E-state index contributed by atoms with van der Waals surface area (Å²) in [5.74, 6) is -7.16. The number of guanidine groups is 1. The first kappa shape index (κ1) is 29.4. The monoisotopic (exact) mass is 558 g/mol. The van der Waals surface area contributed by atoms with Crippen molar-refractivity contribution in [1.29, 1.82) is 10.8 Å². The van der Waals surface area contributed by atoms with Crippen molar-refractivity contribution in [3.05, 3.63) is 59.7 Å². The number of halogens is 2. The number of aromatic nitrogens is 1. The van der Waals surface area contributed by atoms with Gasteiger partial charge in [0.05, 0.1) is 0 Å². The molecular weight excluding hydrogens is 530 g/mol. The zero-order chi connectivity index (χ0) is 29.6. The number of phenols is 1. The number of carboxylic acid groups (broad SMARTS) is 1. The molecule has 0 unspecified atom stereocenters. The molecule has 0 atom stereocenters. The number of carboxylic acids is 1. The van der Waals surface area contributed by atoms with Gasteiger partial charge in [-0.25, -0.2) is 0 Å². The van der Waals surface area contributed by atoms with Gasteiger partial charge < -0.3 is 46.3 Å². The third-order valence-electron chi connectivity index (χ3n) is 5.26. The molecule has 0 aliphatic carbocycles. The quantitative estimate of drug-likeness (QED) is 0.127. The highest BCUT2D eigenvalue weighted by atomic mass is 19.1. The Bertz CT molecular complexity index is 1440. The second-order valence-corrected chi connectivity index (χ2v) is 8.68. The lowest BCUT2D eigenvalue weighted by Gasteiger charge is -2.26. The molecule has 0 bridgehead atoms. The van der Waals surface area contributed by atoms with Gasteiger partial charge in [-0.2, -0.15) is 13.8 Å². The lowest BCUT2D eigenvalue weighted by atomic mass is 10.2. The fourth-order valence-corrected chi connectivity index (χ4v) is 3.43. The topological polar surface area (TPSA) is 207 Å². The number of amidine groups is 1. The Morgan fingerprint density at radius 3 is 2.33 bits per heavy atom. The summed E-state index contributed by atoms with van der Waals surface area (Å²) in [7, 11) is 3.41. The maximum Gasteiger partial charge on any atom is 0.323 e. The van der Waals surface area contributed by atoms with Crippen molar-refractivity contribution in [3.63, 3.8) is 0 Å². The summed E-state index contributed by atoms with van der Waals surface area (Å²) in [5, 5.41) is 37.2. The maximum absolute atomic E-state index is 15.8. The third kappa shape index (κ3) is 7.44. The van der Waals surface area contributed by atoms with Crippen molar-refractivity contribution in [1.82, 2.24) is 9.88 Å². The fraction of sp³-hybridized carbons (Fsp3) is 0.200. The van der Waals surface area contributed by atoms with Crippen molar-refractivity contribution in [2.24, 2.45) is 11.5 Å². The largest absolute Gasteiger partial charge is 0.504 e. The molecule has 212 valence electrons. The second kappa shape index (κ2) is 12.6. The van der Waals surface area contributed by atoms with Crippen LogP contribution >= 0.6 is 0 Å². The van der Waals surface area contributed by atoms with Gasteiger partial charge in [0.2, 0.25) is 11.6 Å². The number of nitrogens with one attached hydrogen (secondary N) is 3. The summed E-state index contributed by atoms with van der Waals surface area (Å²) in [6.07, 6.45) is 0. The minimum Gasteiger partial charge on any atom is -0.504 e. The highest BCUT2D eigenvalue weighted by Crippen LogP contribution is 2.40. The molecule has 40 heavy (non-hydrogen) atoms. The van der Waals surface area contributed by atoms with Crippen LogP contribution in [0.4, 0.5) is 20.2 Å². The Morgan fingerprint density at radius 2 is 1.73 bits per heavy atom. The highest BCUT2D eigenvalue weighted by molar-refractivity contribution is 5.95. The summed E-state index contributed by atoms with van der Waals surface area (Å²) in [5.41, 5.74) is 10.5. The molecule has 1 aromatic heterocycles. The number of ether oxygens (including phenoxy) is 2. The number of anilines is 2. The molecule has 9 N–H and O–H groups in total. The first-order valence-electron chi connectivity index (χ1n) is 11.6. The van der Waals surface area contributed by atoms with Crippen LogP contribution in [0.1, 0.15) is 5.56 Å². The highest BCUT2D eigenvalue weighted by Gasteiger charge is 2.29. The summed E-state index contributed by atoms with van der Waals surface area (Å²) in [4.78, 5) is 18.1. The third-order valence-corrected chi connectivity index (χ3v) is 5.26.